The Bertz CT molecular complexity index is 117. The van der Waals surface area contributed by atoms with Crippen molar-refractivity contribution in [2.45, 2.75) is 32.4 Å². The first-order chi connectivity index (χ1) is 4.42. The molecular formula is C7H15NOS. The molecular weight excluding hydrogens is 146 g/mol. The van der Waals surface area contributed by atoms with Gasteiger partial charge in [0, 0.05) is 11.7 Å². The fraction of sp³-hybridized carbons (Fsp3) is 0.857. The van der Waals surface area contributed by atoms with Crippen LogP contribution in [0, 0.1) is 0 Å². The Morgan fingerprint density at radius 3 is 2.30 bits per heavy atom. The number of nitrogens with one attached hydrogen (secondary N) is 1. The number of hydrogen-bond donors (Lipinski definition) is 1. The quantitative estimate of drug-likeness (QED) is 0.623. The largest absolute Gasteiger partial charge is 0.347 e. The van der Waals surface area contributed by atoms with Crippen LogP contribution < -0.4 is 5.32 Å². The van der Waals surface area contributed by atoms with Gasteiger partial charge in [0.15, 0.2) is 0 Å². The normalized spacial score (nSPS) is 11.2. The first kappa shape index (κ1) is 9.82. The molecule has 0 spiro atoms. The van der Waals surface area contributed by atoms with Crippen molar-refractivity contribution in [1.29, 1.82) is 0 Å². The second-order valence-corrected chi connectivity index (χ2v) is 4.94. The molecule has 10 heavy (non-hydrogen) atoms. The average Bonchev–Trinajstić information content (AvgIpc) is 1.59. The summed E-state index contributed by atoms with van der Waals surface area (Å²) in [4.78, 5) is 10.4. The summed E-state index contributed by atoms with van der Waals surface area (Å²) in [6.45, 7) is 7.90. The number of carbonyl (C=O) groups is 1. The van der Waals surface area contributed by atoms with Gasteiger partial charge < -0.3 is 5.32 Å². The lowest BCUT2D eigenvalue weighted by Gasteiger charge is -2.16. The Hall–Kier alpha value is -0.180. The highest BCUT2D eigenvalue weighted by molar-refractivity contribution is 8.00. The van der Waals surface area contributed by atoms with E-state index in [1.54, 1.807) is 11.8 Å². The standard InChI is InChI=1S/C7H15NOS/c1-6(9)8-5-10-7(2,3)4/h5H2,1-4H3,(H,8,9). The minimum absolute atomic E-state index is 0.0387. The van der Waals surface area contributed by atoms with Crippen LogP contribution in [-0.2, 0) is 4.79 Å². The van der Waals surface area contributed by atoms with Crippen molar-refractivity contribution in [2.75, 3.05) is 5.88 Å². The predicted octanol–water partition coefficient (Wildman–Crippen LogP) is 1.61. The van der Waals surface area contributed by atoms with Gasteiger partial charge in [0.05, 0.1) is 5.88 Å². The first-order valence-corrected chi connectivity index (χ1v) is 4.29. The van der Waals surface area contributed by atoms with E-state index >= 15 is 0 Å². The minimum Gasteiger partial charge on any atom is -0.347 e. The van der Waals surface area contributed by atoms with Gasteiger partial charge in [-0.15, -0.1) is 11.8 Å². The van der Waals surface area contributed by atoms with Crippen molar-refractivity contribution in [3.8, 4) is 0 Å². The van der Waals surface area contributed by atoms with Crippen LogP contribution in [0.3, 0.4) is 0 Å². The molecule has 0 unspecified atom stereocenters. The summed E-state index contributed by atoms with van der Waals surface area (Å²) in [6, 6.07) is 0. The molecule has 0 saturated heterocycles. The number of hydrogen-bond acceptors (Lipinski definition) is 2. The van der Waals surface area contributed by atoms with Gasteiger partial charge in [-0.2, -0.15) is 0 Å². The van der Waals surface area contributed by atoms with Crippen LogP contribution in [0.15, 0.2) is 0 Å². The molecule has 0 radical (unpaired) electrons. The summed E-state index contributed by atoms with van der Waals surface area (Å²) in [5.74, 6) is 0.746. The van der Waals surface area contributed by atoms with Crippen LogP contribution in [0.2, 0.25) is 0 Å². The molecule has 0 heterocycles. The Kier molecular flexibility index (Phi) is 3.79. The molecule has 0 aromatic heterocycles. The van der Waals surface area contributed by atoms with Gasteiger partial charge in [0.2, 0.25) is 5.91 Å². The molecule has 0 saturated carbocycles. The zero-order valence-corrected chi connectivity index (χ0v) is 7.84. The van der Waals surface area contributed by atoms with E-state index in [0.29, 0.717) is 5.88 Å². The summed E-state index contributed by atoms with van der Waals surface area (Å²) in [7, 11) is 0. The summed E-state index contributed by atoms with van der Waals surface area (Å²) in [6.07, 6.45) is 0. The molecule has 0 rings (SSSR count). The van der Waals surface area contributed by atoms with Crippen LogP contribution in [0.1, 0.15) is 27.7 Å². The highest BCUT2D eigenvalue weighted by Crippen LogP contribution is 2.21. The molecule has 0 atom stereocenters. The van der Waals surface area contributed by atoms with Crippen molar-refractivity contribution in [2.24, 2.45) is 0 Å². The third-order valence-electron chi connectivity index (χ3n) is 0.826. The molecule has 0 aliphatic heterocycles. The highest BCUT2D eigenvalue weighted by atomic mass is 32.2. The molecule has 0 aliphatic rings. The molecule has 2 nitrogen and oxygen atoms in total. The van der Waals surface area contributed by atoms with E-state index in [4.69, 9.17) is 0 Å². The highest BCUT2D eigenvalue weighted by Gasteiger charge is 2.09. The third kappa shape index (κ3) is 7.82. The fourth-order valence-corrected chi connectivity index (χ4v) is 1.06. The van der Waals surface area contributed by atoms with Gasteiger partial charge in [-0.25, -0.2) is 0 Å². The van der Waals surface area contributed by atoms with Gasteiger partial charge >= 0.3 is 0 Å². The van der Waals surface area contributed by atoms with E-state index in [2.05, 4.69) is 26.1 Å². The van der Waals surface area contributed by atoms with Crippen molar-refractivity contribution < 1.29 is 4.79 Å². The Labute approximate surface area is 66.8 Å². The summed E-state index contributed by atoms with van der Waals surface area (Å²) >= 11 is 1.73. The molecule has 0 fully saturated rings. The number of rotatable bonds is 2. The minimum atomic E-state index is 0.0387. The second-order valence-electron chi connectivity index (χ2n) is 3.13. The van der Waals surface area contributed by atoms with Gasteiger partial charge in [-0.05, 0) is 0 Å². The van der Waals surface area contributed by atoms with E-state index in [9.17, 15) is 4.79 Å². The monoisotopic (exact) mass is 161 g/mol. The van der Waals surface area contributed by atoms with Gasteiger partial charge in [-0.3, -0.25) is 4.79 Å². The smallest absolute Gasteiger partial charge is 0.217 e. The maximum absolute atomic E-state index is 10.4. The fourth-order valence-electron chi connectivity index (χ4n) is 0.354. The molecule has 1 amide bonds. The molecule has 1 N–H and O–H groups in total. The van der Waals surface area contributed by atoms with Crippen molar-refractivity contribution in [3.05, 3.63) is 0 Å². The Morgan fingerprint density at radius 1 is 1.50 bits per heavy atom. The van der Waals surface area contributed by atoms with E-state index < -0.39 is 0 Å². The van der Waals surface area contributed by atoms with E-state index in [1.807, 2.05) is 0 Å². The lowest BCUT2D eigenvalue weighted by Crippen LogP contribution is -2.22. The van der Waals surface area contributed by atoms with E-state index in [0.717, 1.165) is 0 Å². The van der Waals surface area contributed by atoms with E-state index in [-0.39, 0.29) is 10.7 Å². The zero-order chi connectivity index (χ0) is 8.20. The summed E-state index contributed by atoms with van der Waals surface area (Å²) in [5.41, 5.74) is 0. The van der Waals surface area contributed by atoms with Crippen LogP contribution in [0.4, 0.5) is 0 Å². The predicted molar refractivity (Wildman–Crippen MR) is 46.0 cm³/mol. The van der Waals surface area contributed by atoms with Crippen LogP contribution in [0.25, 0.3) is 0 Å². The Balaban J connectivity index is 3.29. The van der Waals surface area contributed by atoms with Crippen molar-refractivity contribution >= 4 is 17.7 Å². The molecule has 0 aromatic carbocycles. The maximum Gasteiger partial charge on any atom is 0.217 e. The lowest BCUT2D eigenvalue weighted by molar-refractivity contribution is -0.118. The van der Waals surface area contributed by atoms with Gasteiger partial charge in [0.25, 0.3) is 0 Å². The van der Waals surface area contributed by atoms with Gasteiger partial charge in [0.1, 0.15) is 0 Å². The van der Waals surface area contributed by atoms with Crippen molar-refractivity contribution in [1.82, 2.24) is 5.32 Å². The van der Waals surface area contributed by atoms with Crippen LogP contribution >= 0.6 is 11.8 Å². The van der Waals surface area contributed by atoms with Crippen LogP contribution in [0.5, 0.6) is 0 Å². The molecule has 60 valence electrons. The molecule has 0 aliphatic carbocycles. The van der Waals surface area contributed by atoms with E-state index in [1.165, 1.54) is 6.92 Å². The number of amides is 1. The average molecular weight is 161 g/mol. The topological polar surface area (TPSA) is 29.1 Å². The zero-order valence-electron chi connectivity index (χ0n) is 7.02. The van der Waals surface area contributed by atoms with Crippen molar-refractivity contribution in [3.63, 3.8) is 0 Å². The van der Waals surface area contributed by atoms with Gasteiger partial charge in [-0.1, -0.05) is 20.8 Å². The molecule has 3 heteroatoms. The summed E-state index contributed by atoms with van der Waals surface area (Å²) in [5, 5.41) is 2.73. The third-order valence-corrected chi connectivity index (χ3v) is 1.98. The first-order valence-electron chi connectivity index (χ1n) is 3.30. The second kappa shape index (κ2) is 3.86. The molecule has 0 aromatic rings. The van der Waals surface area contributed by atoms with Crippen LogP contribution in [-0.4, -0.2) is 16.5 Å². The maximum atomic E-state index is 10.4. The number of thioether (sulfide) groups is 1. The lowest BCUT2D eigenvalue weighted by atomic mass is 10.3. The number of carbonyl (C=O) groups excluding carboxylic acids is 1. The Morgan fingerprint density at radius 2 is 2.00 bits per heavy atom. The SMILES string of the molecule is CC(=O)NCSC(C)(C)C. The molecule has 0 bridgehead atoms. The summed E-state index contributed by atoms with van der Waals surface area (Å²) < 4.78 is 0.239.